The molecule has 1 atom stereocenters. The van der Waals surface area contributed by atoms with E-state index in [0.29, 0.717) is 6.04 Å². The number of aromatic nitrogens is 2. The van der Waals surface area contributed by atoms with Gasteiger partial charge in [-0.05, 0) is 37.4 Å². The number of fused-ring (bicyclic) bond motifs is 1. The van der Waals surface area contributed by atoms with E-state index in [4.69, 9.17) is 10.7 Å². The van der Waals surface area contributed by atoms with E-state index in [0.717, 1.165) is 21.7 Å². The summed E-state index contributed by atoms with van der Waals surface area (Å²) in [6.07, 6.45) is 0. The Balaban J connectivity index is 2.20. The van der Waals surface area contributed by atoms with Crippen LogP contribution >= 0.6 is 11.3 Å². The Bertz CT molecular complexity index is 683. The topological polar surface area (TPSA) is 43.8 Å². The number of para-hydroxylation sites is 2. The zero-order chi connectivity index (χ0) is 13.4. The maximum Gasteiger partial charge on any atom is 0.132 e. The molecule has 2 aromatic heterocycles. The van der Waals surface area contributed by atoms with Gasteiger partial charge in [-0.25, -0.2) is 4.98 Å². The van der Waals surface area contributed by atoms with Crippen LogP contribution in [0.15, 0.2) is 41.8 Å². The highest BCUT2D eigenvalue weighted by Gasteiger charge is 2.20. The molecule has 0 bridgehead atoms. The molecule has 0 aliphatic rings. The highest BCUT2D eigenvalue weighted by molar-refractivity contribution is 7.10. The Kier molecular flexibility index (Phi) is 3.12. The van der Waals surface area contributed by atoms with Gasteiger partial charge in [0.05, 0.1) is 17.1 Å². The van der Waals surface area contributed by atoms with Crippen molar-refractivity contribution in [2.24, 2.45) is 5.73 Å². The van der Waals surface area contributed by atoms with E-state index in [2.05, 4.69) is 35.9 Å². The van der Waals surface area contributed by atoms with Crippen LogP contribution < -0.4 is 5.73 Å². The van der Waals surface area contributed by atoms with E-state index >= 15 is 0 Å². The summed E-state index contributed by atoms with van der Waals surface area (Å²) in [4.78, 5) is 5.88. The molecular formula is C15H17N3S. The van der Waals surface area contributed by atoms with E-state index in [1.165, 1.54) is 0 Å². The zero-order valence-corrected chi connectivity index (χ0v) is 11.9. The maximum absolute atomic E-state index is 6.39. The lowest BCUT2D eigenvalue weighted by molar-refractivity contribution is 0.569. The first-order valence-corrected chi connectivity index (χ1v) is 7.32. The molecule has 0 saturated heterocycles. The van der Waals surface area contributed by atoms with E-state index in [-0.39, 0.29) is 6.04 Å². The molecule has 98 valence electrons. The van der Waals surface area contributed by atoms with Crippen LogP contribution in [0.3, 0.4) is 0 Å². The van der Waals surface area contributed by atoms with Gasteiger partial charge in [-0.2, -0.15) is 0 Å². The van der Waals surface area contributed by atoms with E-state index in [1.807, 2.05) is 24.3 Å². The number of hydrogen-bond acceptors (Lipinski definition) is 3. The highest BCUT2D eigenvalue weighted by Crippen LogP contribution is 2.29. The van der Waals surface area contributed by atoms with Crippen molar-refractivity contribution in [3.8, 4) is 0 Å². The van der Waals surface area contributed by atoms with Crippen LogP contribution in [0, 0.1) is 0 Å². The van der Waals surface area contributed by atoms with Crippen molar-refractivity contribution in [2.75, 3.05) is 0 Å². The van der Waals surface area contributed by atoms with E-state index in [9.17, 15) is 0 Å². The van der Waals surface area contributed by atoms with Gasteiger partial charge < -0.3 is 10.3 Å². The van der Waals surface area contributed by atoms with Crippen LogP contribution in [0.4, 0.5) is 0 Å². The van der Waals surface area contributed by atoms with Crippen molar-refractivity contribution in [2.45, 2.75) is 25.9 Å². The molecule has 0 amide bonds. The highest BCUT2D eigenvalue weighted by atomic mass is 32.1. The Morgan fingerprint density at radius 2 is 1.95 bits per heavy atom. The molecule has 3 aromatic rings. The number of thiophene rings is 1. The second-order valence-corrected chi connectivity index (χ2v) is 5.89. The third-order valence-electron chi connectivity index (χ3n) is 3.27. The van der Waals surface area contributed by atoms with Crippen LogP contribution in [0.5, 0.6) is 0 Å². The molecule has 0 fully saturated rings. The van der Waals surface area contributed by atoms with E-state index < -0.39 is 0 Å². The normalized spacial score (nSPS) is 13.3. The number of rotatable bonds is 3. The molecule has 2 N–H and O–H groups in total. The predicted molar refractivity (Wildman–Crippen MR) is 80.5 cm³/mol. The van der Waals surface area contributed by atoms with Crippen LogP contribution in [0.2, 0.25) is 0 Å². The van der Waals surface area contributed by atoms with Gasteiger partial charge in [0.1, 0.15) is 5.82 Å². The van der Waals surface area contributed by atoms with Crippen molar-refractivity contribution in [1.82, 2.24) is 9.55 Å². The van der Waals surface area contributed by atoms with Gasteiger partial charge in [-0.15, -0.1) is 11.3 Å². The molecule has 3 nitrogen and oxygen atoms in total. The summed E-state index contributed by atoms with van der Waals surface area (Å²) in [5.41, 5.74) is 8.55. The average Bonchev–Trinajstić information content (AvgIpc) is 3.04. The Morgan fingerprint density at radius 3 is 2.63 bits per heavy atom. The zero-order valence-electron chi connectivity index (χ0n) is 11.1. The van der Waals surface area contributed by atoms with Crippen molar-refractivity contribution in [3.63, 3.8) is 0 Å². The molecule has 0 spiro atoms. The van der Waals surface area contributed by atoms with Crippen LogP contribution in [0.1, 0.15) is 36.6 Å². The van der Waals surface area contributed by atoms with Gasteiger partial charge in [0.2, 0.25) is 0 Å². The van der Waals surface area contributed by atoms with Gasteiger partial charge in [-0.3, -0.25) is 0 Å². The summed E-state index contributed by atoms with van der Waals surface area (Å²) in [6, 6.07) is 12.5. The van der Waals surface area contributed by atoms with Gasteiger partial charge in [0, 0.05) is 10.9 Å². The largest absolute Gasteiger partial charge is 0.324 e. The Morgan fingerprint density at radius 1 is 1.16 bits per heavy atom. The second kappa shape index (κ2) is 4.79. The van der Waals surface area contributed by atoms with Crippen LogP contribution in [0.25, 0.3) is 11.0 Å². The summed E-state index contributed by atoms with van der Waals surface area (Å²) in [5.74, 6) is 0.943. The molecule has 0 radical (unpaired) electrons. The molecule has 0 aliphatic heterocycles. The number of nitrogens with zero attached hydrogens (tertiary/aromatic N) is 2. The smallest absolute Gasteiger partial charge is 0.132 e. The third-order valence-corrected chi connectivity index (χ3v) is 4.22. The summed E-state index contributed by atoms with van der Waals surface area (Å²) in [6.45, 7) is 4.33. The summed E-state index contributed by atoms with van der Waals surface area (Å²) in [7, 11) is 0. The summed E-state index contributed by atoms with van der Waals surface area (Å²) >= 11 is 1.68. The van der Waals surface area contributed by atoms with Gasteiger partial charge in [0.25, 0.3) is 0 Å². The van der Waals surface area contributed by atoms with Crippen LogP contribution in [-0.4, -0.2) is 9.55 Å². The van der Waals surface area contributed by atoms with Crippen molar-refractivity contribution in [3.05, 3.63) is 52.5 Å². The molecule has 1 aromatic carbocycles. The first-order valence-electron chi connectivity index (χ1n) is 6.44. The van der Waals surface area contributed by atoms with Crippen molar-refractivity contribution in [1.29, 1.82) is 0 Å². The molecular weight excluding hydrogens is 254 g/mol. The van der Waals surface area contributed by atoms with Crippen molar-refractivity contribution >= 4 is 22.4 Å². The maximum atomic E-state index is 6.39. The molecule has 1 unspecified atom stereocenters. The SMILES string of the molecule is CC(C)n1c(C(N)c2cccs2)nc2ccccc21. The van der Waals surface area contributed by atoms with Gasteiger partial charge >= 0.3 is 0 Å². The molecule has 3 rings (SSSR count). The minimum atomic E-state index is -0.158. The Labute approximate surface area is 116 Å². The standard InChI is InChI=1S/C15H17N3S/c1-10(2)18-12-7-4-3-6-11(12)17-15(18)14(16)13-8-5-9-19-13/h3-10,14H,16H2,1-2H3. The van der Waals surface area contributed by atoms with Crippen LogP contribution in [-0.2, 0) is 0 Å². The third kappa shape index (κ3) is 2.07. The van der Waals surface area contributed by atoms with E-state index in [1.54, 1.807) is 11.3 Å². The second-order valence-electron chi connectivity index (χ2n) is 4.92. The monoisotopic (exact) mass is 271 g/mol. The fourth-order valence-corrected chi connectivity index (χ4v) is 3.14. The summed E-state index contributed by atoms with van der Waals surface area (Å²) < 4.78 is 2.24. The lowest BCUT2D eigenvalue weighted by atomic mass is 10.2. The first-order chi connectivity index (χ1) is 9.18. The first kappa shape index (κ1) is 12.4. The minimum absolute atomic E-state index is 0.158. The number of hydrogen-bond donors (Lipinski definition) is 1. The lowest BCUT2D eigenvalue weighted by Crippen LogP contribution is -2.18. The lowest BCUT2D eigenvalue weighted by Gasteiger charge is -2.16. The molecule has 2 heterocycles. The van der Waals surface area contributed by atoms with Crippen molar-refractivity contribution < 1.29 is 0 Å². The van der Waals surface area contributed by atoms with Gasteiger partial charge in [-0.1, -0.05) is 18.2 Å². The fraction of sp³-hybridized carbons (Fsp3) is 0.267. The number of imidazole rings is 1. The molecule has 0 aliphatic carbocycles. The molecule has 0 saturated carbocycles. The number of nitrogens with two attached hydrogens (primary N) is 1. The molecule has 4 heteroatoms. The summed E-state index contributed by atoms with van der Waals surface area (Å²) in [5, 5.41) is 2.05. The fourth-order valence-electron chi connectivity index (χ4n) is 2.42. The molecule has 19 heavy (non-hydrogen) atoms. The quantitative estimate of drug-likeness (QED) is 0.789. The number of benzene rings is 1. The average molecular weight is 271 g/mol. The van der Waals surface area contributed by atoms with Gasteiger partial charge in [0.15, 0.2) is 0 Å². The Hall–Kier alpha value is -1.65. The predicted octanol–water partition coefficient (Wildman–Crippen LogP) is 3.73. The minimum Gasteiger partial charge on any atom is -0.324 e.